The maximum Gasteiger partial charge on any atom is 0.0730 e. The van der Waals surface area contributed by atoms with Crippen LogP contribution in [0.25, 0.3) is 0 Å². The molecule has 2 nitrogen and oxygen atoms in total. The predicted octanol–water partition coefficient (Wildman–Crippen LogP) is 3.77. The minimum absolute atomic E-state index is 0.808. The van der Waals surface area contributed by atoms with E-state index in [1.165, 1.54) is 39.9 Å². The number of methoxy groups -OCH3 is 1. The summed E-state index contributed by atoms with van der Waals surface area (Å²) in [7, 11) is 1.74. The molecule has 1 N–H and O–H groups in total. The zero-order chi connectivity index (χ0) is 12.5. The van der Waals surface area contributed by atoms with E-state index >= 15 is 0 Å². The number of thiophene rings is 1. The highest BCUT2D eigenvalue weighted by atomic mass is 79.9. The minimum atomic E-state index is 0.808. The van der Waals surface area contributed by atoms with Crippen molar-refractivity contribution in [2.45, 2.75) is 32.6 Å². The van der Waals surface area contributed by atoms with Crippen molar-refractivity contribution in [2.75, 3.05) is 26.8 Å². The van der Waals surface area contributed by atoms with E-state index in [1.807, 2.05) is 11.3 Å². The molecular formula is C13H22BrNOS. The number of hydrogen-bond donors (Lipinski definition) is 1. The second-order valence-electron chi connectivity index (χ2n) is 4.22. The fraction of sp³-hybridized carbons (Fsp3) is 0.692. The number of halogens is 1. The molecule has 0 aliphatic carbocycles. The number of hydrogen-bond acceptors (Lipinski definition) is 3. The molecule has 0 atom stereocenters. The Hall–Kier alpha value is 0.1000. The number of aryl methyl sites for hydroxylation is 2. The van der Waals surface area contributed by atoms with Gasteiger partial charge in [-0.05, 0) is 60.3 Å². The van der Waals surface area contributed by atoms with Gasteiger partial charge in [0.05, 0.1) is 10.4 Å². The lowest BCUT2D eigenvalue weighted by Gasteiger charge is -2.03. The zero-order valence-corrected chi connectivity index (χ0v) is 13.1. The van der Waals surface area contributed by atoms with Gasteiger partial charge >= 0.3 is 0 Å². The van der Waals surface area contributed by atoms with Crippen LogP contribution in [0.2, 0.25) is 0 Å². The van der Waals surface area contributed by atoms with E-state index in [9.17, 15) is 0 Å². The van der Waals surface area contributed by atoms with Crippen molar-refractivity contribution in [2.24, 2.45) is 0 Å². The molecular weight excluding hydrogens is 298 g/mol. The van der Waals surface area contributed by atoms with Gasteiger partial charge in [-0.15, -0.1) is 11.3 Å². The monoisotopic (exact) mass is 319 g/mol. The van der Waals surface area contributed by atoms with Crippen LogP contribution in [0.1, 0.15) is 29.7 Å². The fourth-order valence-corrected chi connectivity index (χ4v) is 3.34. The second kappa shape index (κ2) is 9.09. The first-order valence-corrected chi connectivity index (χ1v) is 7.79. The summed E-state index contributed by atoms with van der Waals surface area (Å²) >= 11 is 5.44. The summed E-state index contributed by atoms with van der Waals surface area (Å²) in [5.74, 6) is 0. The molecule has 4 heteroatoms. The van der Waals surface area contributed by atoms with Crippen molar-refractivity contribution >= 4 is 27.3 Å². The second-order valence-corrected chi connectivity index (χ2v) is 6.68. The maximum absolute atomic E-state index is 4.98. The third-order valence-electron chi connectivity index (χ3n) is 2.67. The Balaban J connectivity index is 1.97. The van der Waals surface area contributed by atoms with Crippen LogP contribution in [-0.4, -0.2) is 26.8 Å². The molecule has 1 heterocycles. The molecule has 1 rings (SSSR count). The van der Waals surface area contributed by atoms with Crippen LogP contribution >= 0.6 is 27.3 Å². The van der Waals surface area contributed by atoms with Crippen LogP contribution in [0.4, 0.5) is 0 Å². The largest absolute Gasteiger partial charge is 0.383 e. The molecule has 0 bridgehead atoms. The summed E-state index contributed by atoms with van der Waals surface area (Å²) in [5.41, 5.74) is 1.37. The lowest BCUT2D eigenvalue weighted by Crippen LogP contribution is -2.20. The van der Waals surface area contributed by atoms with Crippen LogP contribution in [0.5, 0.6) is 0 Å². The molecule has 98 valence electrons. The van der Waals surface area contributed by atoms with Crippen molar-refractivity contribution < 1.29 is 4.74 Å². The molecule has 0 spiro atoms. The van der Waals surface area contributed by atoms with Gasteiger partial charge in [-0.2, -0.15) is 0 Å². The third-order valence-corrected chi connectivity index (χ3v) is 4.86. The first-order valence-electron chi connectivity index (χ1n) is 6.18. The average Bonchev–Trinajstić information content (AvgIpc) is 2.62. The van der Waals surface area contributed by atoms with Gasteiger partial charge in [-0.25, -0.2) is 0 Å². The summed E-state index contributed by atoms with van der Waals surface area (Å²) in [6.07, 6.45) is 5.07. The van der Waals surface area contributed by atoms with Crippen LogP contribution < -0.4 is 5.32 Å². The molecule has 0 aliphatic heterocycles. The number of unbranched alkanes of at least 4 members (excludes halogenated alkanes) is 2. The van der Waals surface area contributed by atoms with Crippen molar-refractivity contribution in [3.05, 3.63) is 20.3 Å². The summed E-state index contributed by atoms with van der Waals surface area (Å²) in [6, 6.07) is 2.30. The lowest BCUT2D eigenvalue weighted by molar-refractivity contribution is 0.199. The summed E-state index contributed by atoms with van der Waals surface area (Å²) in [5, 5.41) is 3.37. The molecule has 0 saturated carbocycles. The molecule has 1 aromatic rings. The summed E-state index contributed by atoms with van der Waals surface area (Å²) < 4.78 is 6.26. The maximum atomic E-state index is 4.98. The van der Waals surface area contributed by atoms with E-state index in [1.54, 1.807) is 7.11 Å². The van der Waals surface area contributed by atoms with Crippen LogP contribution in [0.15, 0.2) is 9.85 Å². The number of ether oxygens (including phenoxy) is 1. The first-order chi connectivity index (χ1) is 8.24. The molecule has 0 radical (unpaired) electrons. The Labute approximate surface area is 117 Å². The predicted molar refractivity (Wildman–Crippen MR) is 79.1 cm³/mol. The quantitative estimate of drug-likeness (QED) is 0.700. The van der Waals surface area contributed by atoms with Crippen molar-refractivity contribution in [3.63, 3.8) is 0 Å². The molecule has 0 aromatic carbocycles. The first kappa shape index (κ1) is 15.2. The zero-order valence-electron chi connectivity index (χ0n) is 10.7. The Morgan fingerprint density at radius 3 is 2.76 bits per heavy atom. The molecule has 0 fully saturated rings. The summed E-state index contributed by atoms with van der Waals surface area (Å²) in [4.78, 5) is 1.50. The van der Waals surface area contributed by atoms with Gasteiger partial charge in [0.2, 0.25) is 0 Å². The lowest BCUT2D eigenvalue weighted by atomic mass is 10.1. The topological polar surface area (TPSA) is 21.3 Å². The van der Waals surface area contributed by atoms with E-state index in [0.717, 1.165) is 19.7 Å². The van der Waals surface area contributed by atoms with E-state index in [0.29, 0.717) is 0 Å². The molecule has 0 unspecified atom stereocenters. The summed E-state index contributed by atoms with van der Waals surface area (Å²) in [6.45, 7) is 5.04. The molecule has 17 heavy (non-hydrogen) atoms. The van der Waals surface area contributed by atoms with E-state index in [4.69, 9.17) is 4.74 Å². The van der Waals surface area contributed by atoms with E-state index < -0.39 is 0 Å². The van der Waals surface area contributed by atoms with Crippen LogP contribution in [0.3, 0.4) is 0 Å². The minimum Gasteiger partial charge on any atom is -0.383 e. The molecule has 0 saturated heterocycles. The Morgan fingerprint density at radius 2 is 2.12 bits per heavy atom. The van der Waals surface area contributed by atoms with Crippen LogP contribution in [-0.2, 0) is 11.2 Å². The van der Waals surface area contributed by atoms with Crippen molar-refractivity contribution in [1.29, 1.82) is 0 Å². The standard InChI is InChI=1S/C13H22BrNOS/c1-11-10-12(17-13(11)14)6-4-3-5-7-15-8-9-16-2/h10,15H,3-9H2,1-2H3. The van der Waals surface area contributed by atoms with Gasteiger partial charge in [0, 0.05) is 18.5 Å². The average molecular weight is 320 g/mol. The highest BCUT2D eigenvalue weighted by Crippen LogP contribution is 2.28. The Morgan fingerprint density at radius 1 is 1.29 bits per heavy atom. The van der Waals surface area contributed by atoms with Crippen LogP contribution in [0, 0.1) is 6.92 Å². The Kier molecular flexibility index (Phi) is 8.10. The molecule has 0 amide bonds. The van der Waals surface area contributed by atoms with Crippen molar-refractivity contribution in [3.8, 4) is 0 Å². The van der Waals surface area contributed by atoms with Gasteiger partial charge in [0.1, 0.15) is 0 Å². The number of nitrogens with one attached hydrogen (secondary N) is 1. The highest BCUT2D eigenvalue weighted by molar-refractivity contribution is 9.11. The fourth-order valence-electron chi connectivity index (χ4n) is 1.67. The number of rotatable bonds is 9. The van der Waals surface area contributed by atoms with Gasteiger partial charge < -0.3 is 10.1 Å². The van der Waals surface area contributed by atoms with Gasteiger partial charge in [0.25, 0.3) is 0 Å². The molecule has 0 aliphatic rings. The van der Waals surface area contributed by atoms with E-state index in [2.05, 4.69) is 34.2 Å². The van der Waals surface area contributed by atoms with Crippen molar-refractivity contribution in [1.82, 2.24) is 5.32 Å². The van der Waals surface area contributed by atoms with E-state index in [-0.39, 0.29) is 0 Å². The Bertz CT molecular complexity index is 295. The van der Waals surface area contributed by atoms with Gasteiger partial charge in [-0.1, -0.05) is 6.42 Å². The third kappa shape index (κ3) is 6.55. The SMILES string of the molecule is COCCNCCCCCc1cc(C)c(Br)s1. The highest BCUT2D eigenvalue weighted by Gasteiger charge is 2.02. The smallest absolute Gasteiger partial charge is 0.0730 e. The van der Waals surface area contributed by atoms with Gasteiger partial charge in [-0.3, -0.25) is 0 Å². The normalized spacial score (nSPS) is 11.0. The molecule has 1 aromatic heterocycles. The van der Waals surface area contributed by atoms with Gasteiger partial charge in [0.15, 0.2) is 0 Å².